The fraction of sp³-hybridized carbons (Fsp3) is 0.480. The van der Waals surface area contributed by atoms with Crippen LogP contribution in [-0.2, 0) is 16.1 Å². The minimum atomic E-state index is -1.16. The van der Waals surface area contributed by atoms with Gasteiger partial charge in [0.05, 0.1) is 46.2 Å². The Kier molecular flexibility index (Phi) is 7.83. The van der Waals surface area contributed by atoms with Gasteiger partial charge in [-0.1, -0.05) is 23.2 Å². The highest BCUT2D eigenvalue weighted by molar-refractivity contribution is 6.39. The monoisotopic (exact) mass is 560 g/mol. The van der Waals surface area contributed by atoms with Crippen LogP contribution >= 0.6 is 23.2 Å². The molecule has 0 radical (unpaired) electrons. The Hall–Kier alpha value is -3.20. The highest BCUT2D eigenvalue weighted by atomic mass is 35.5. The third-order valence-corrected chi connectivity index (χ3v) is 7.78. The van der Waals surface area contributed by atoms with Gasteiger partial charge >= 0.3 is 0 Å². The number of primary amides is 1. The number of nitrogens with zero attached hydrogens (tertiary/aromatic N) is 5. The Bertz CT molecular complexity index is 1360. The van der Waals surface area contributed by atoms with Crippen molar-refractivity contribution >= 4 is 57.9 Å². The molecule has 0 unspecified atom stereocenters. The van der Waals surface area contributed by atoms with Crippen LogP contribution < -0.4 is 16.4 Å². The van der Waals surface area contributed by atoms with Crippen molar-refractivity contribution in [3.63, 3.8) is 0 Å². The highest BCUT2D eigenvalue weighted by Gasteiger charge is 2.28. The van der Waals surface area contributed by atoms with E-state index in [2.05, 4.69) is 15.6 Å². The molecule has 3 heterocycles. The van der Waals surface area contributed by atoms with Crippen molar-refractivity contribution in [3.05, 3.63) is 33.9 Å². The maximum Gasteiger partial charge on any atom is 0.225 e. The smallest absolute Gasteiger partial charge is 0.225 e. The van der Waals surface area contributed by atoms with Crippen molar-refractivity contribution in [2.75, 3.05) is 23.8 Å². The highest BCUT2D eigenvalue weighted by Crippen LogP contribution is 2.36. The second-order valence-electron chi connectivity index (χ2n) is 9.75. The van der Waals surface area contributed by atoms with Gasteiger partial charge in [0.2, 0.25) is 17.8 Å². The number of nitriles is 1. The molecule has 5 rings (SSSR count). The number of anilines is 3. The normalized spacial score (nSPS) is 23.6. The predicted molar refractivity (Wildman–Crippen MR) is 142 cm³/mol. The van der Waals surface area contributed by atoms with Crippen molar-refractivity contribution in [1.82, 2.24) is 19.5 Å². The van der Waals surface area contributed by atoms with Crippen LogP contribution in [0.25, 0.3) is 11.2 Å². The van der Waals surface area contributed by atoms with Gasteiger partial charge in [0.1, 0.15) is 11.7 Å². The van der Waals surface area contributed by atoms with Gasteiger partial charge in [-0.05, 0) is 50.2 Å². The average molecular weight is 561 g/mol. The molecule has 0 spiro atoms. The van der Waals surface area contributed by atoms with Gasteiger partial charge in [-0.15, -0.1) is 0 Å². The molecule has 2 fully saturated rings. The number of hydrogen-bond donors (Lipinski definition) is 3. The minimum Gasteiger partial charge on any atom is -0.378 e. The summed E-state index contributed by atoms with van der Waals surface area (Å²) in [5.41, 5.74) is 7.36. The van der Waals surface area contributed by atoms with Crippen molar-refractivity contribution in [2.24, 2.45) is 17.6 Å². The Morgan fingerprint density at radius 1 is 1.21 bits per heavy atom. The molecule has 3 aromatic rings. The van der Waals surface area contributed by atoms with E-state index in [1.807, 2.05) is 10.6 Å². The molecule has 2 atom stereocenters. The van der Waals surface area contributed by atoms with Crippen molar-refractivity contribution < 1.29 is 13.9 Å². The van der Waals surface area contributed by atoms with E-state index in [0.717, 1.165) is 25.7 Å². The molecule has 1 aliphatic carbocycles. The topological polar surface area (TPSA) is 144 Å². The lowest BCUT2D eigenvalue weighted by Crippen LogP contribution is -2.39. The van der Waals surface area contributed by atoms with Crippen LogP contribution in [0.5, 0.6) is 0 Å². The van der Waals surface area contributed by atoms with Crippen LogP contribution in [0.4, 0.5) is 22.0 Å². The van der Waals surface area contributed by atoms with Crippen LogP contribution in [-0.4, -0.2) is 50.9 Å². The molecule has 10 nitrogen and oxygen atoms in total. The molecule has 2 aliphatic rings. The average Bonchev–Trinajstić information content (AvgIpc) is 3.23. The quantitative estimate of drug-likeness (QED) is 0.380. The van der Waals surface area contributed by atoms with Crippen LogP contribution in [0.1, 0.15) is 37.7 Å². The van der Waals surface area contributed by atoms with E-state index in [-0.39, 0.29) is 34.4 Å². The molecule has 1 aliphatic heterocycles. The number of alkyl halides is 1. The van der Waals surface area contributed by atoms with Gasteiger partial charge in [0.25, 0.3) is 0 Å². The first-order valence-corrected chi connectivity index (χ1v) is 13.2. The van der Waals surface area contributed by atoms with E-state index >= 15 is 0 Å². The van der Waals surface area contributed by atoms with Crippen LogP contribution in [0.3, 0.4) is 0 Å². The summed E-state index contributed by atoms with van der Waals surface area (Å²) in [4.78, 5) is 25.4. The zero-order valence-corrected chi connectivity index (χ0v) is 22.0. The third-order valence-electron chi connectivity index (χ3n) is 7.19. The molecule has 0 bridgehead atoms. The first-order valence-electron chi connectivity index (χ1n) is 12.5. The number of carbonyl (C=O) groups excluding carboxylic acids is 1. The van der Waals surface area contributed by atoms with Gasteiger partial charge in [0.15, 0.2) is 5.65 Å². The number of carbonyl (C=O) groups is 1. The van der Waals surface area contributed by atoms with E-state index in [9.17, 15) is 14.4 Å². The zero-order chi connectivity index (χ0) is 26.8. The van der Waals surface area contributed by atoms with Gasteiger partial charge in [-0.2, -0.15) is 10.2 Å². The first kappa shape index (κ1) is 26.4. The Balaban J connectivity index is 1.48. The number of amides is 1. The summed E-state index contributed by atoms with van der Waals surface area (Å²) in [6, 6.07) is 4.63. The van der Waals surface area contributed by atoms with E-state index in [1.165, 1.54) is 12.1 Å². The lowest BCUT2D eigenvalue weighted by Gasteiger charge is -2.28. The Labute approximate surface area is 228 Å². The minimum absolute atomic E-state index is 0.0337. The van der Waals surface area contributed by atoms with Gasteiger partial charge in [0, 0.05) is 19.1 Å². The van der Waals surface area contributed by atoms with E-state index < -0.39 is 12.2 Å². The summed E-state index contributed by atoms with van der Waals surface area (Å²) in [7, 11) is 0. The number of benzene rings is 1. The standard InChI is InChI=1S/C25H27Cl2FN8O2/c26-16-7-14(9-29)8-17(27)21(16)34-25-33-20-10-31-24(32-19-5-6-38-12-18(19)28)35-23(20)36(25)11-13-1-3-15(4-2-13)22(30)37/h7-8,10,13,15,18-19H,1-6,11-12H2,(H2,30,37)(H,33,34)(H,31,32,35)/t13?,15?,18-,19-/m1/s1. The Morgan fingerprint density at radius 2 is 1.95 bits per heavy atom. The summed E-state index contributed by atoms with van der Waals surface area (Å²) in [5, 5.41) is 16.1. The van der Waals surface area contributed by atoms with E-state index in [0.29, 0.717) is 53.9 Å². The SMILES string of the molecule is N#Cc1cc(Cl)c(Nc2nc3cnc(N[C@@H]4CCOC[C@H]4F)nc3n2CC2CCC(C(N)=O)CC2)c(Cl)c1. The van der Waals surface area contributed by atoms with Crippen molar-refractivity contribution in [2.45, 2.75) is 50.9 Å². The van der Waals surface area contributed by atoms with Crippen molar-refractivity contribution in [3.8, 4) is 6.07 Å². The lowest BCUT2D eigenvalue weighted by molar-refractivity contribution is -0.123. The third kappa shape index (κ3) is 5.62. The van der Waals surface area contributed by atoms with Gasteiger partial charge < -0.3 is 21.1 Å². The fourth-order valence-electron chi connectivity index (χ4n) is 5.04. The van der Waals surface area contributed by atoms with Gasteiger partial charge in [-0.25, -0.2) is 14.4 Å². The van der Waals surface area contributed by atoms with Gasteiger partial charge in [-0.3, -0.25) is 9.36 Å². The van der Waals surface area contributed by atoms with Crippen LogP contribution in [0.2, 0.25) is 10.0 Å². The molecule has 1 saturated carbocycles. The number of nitrogens with two attached hydrogens (primary N) is 1. The number of ether oxygens (including phenoxy) is 1. The molecule has 4 N–H and O–H groups in total. The molecule has 200 valence electrons. The fourth-order valence-corrected chi connectivity index (χ4v) is 5.63. The lowest BCUT2D eigenvalue weighted by atomic mass is 9.81. The second kappa shape index (κ2) is 11.3. The predicted octanol–water partition coefficient (Wildman–Crippen LogP) is 4.58. The largest absolute Gasteiger partial charge is 0.378 e. The van der Waals surface area contributed by atoms with Crippen molar-refractivity contribution in [1.29, 1.82) is 5.26 Å². The second-order valence-corrected chi connectivity index (χ2v) is 10.6. The number of aromatic nitrogens is 4. The van der Waals surface area contributed by atoms with Crippen LogP contribution in [0.15, 0.2) is 18.3 Å². The maximum atomic E-state index is 14.4. The molecular formula is C25H27Cl2FN8O2. The number of fused-ring (bicyclic) bond motifs is 1. The molecule has 2 aromatic heterocycles. The van der Waals surface area contributed by atoms with E-state index in [1.54, 1.807) is 6.20 Å². The summed E-state index contributed by atoms with van der Waals surface area (Å²) >= 11 is 12.9. The molecule has 1 aromatic carbocycles. The zero-order valence-electron chi connectivity index (χ0n) is 20.5. The molecule has 1 saturated heterocycles. The number of hydrogen-bond acceptors (Lipinski definition) is 8. The van der Waals surface area contributed by atoms with Crippen LogP contribution in [0, 0.1) is 23.2 Å². The van der Waals surface area contributed by atoms with E-state index in [4.69, 9.17) is 43.6 Å². The first-order chi connectivity index (χ1) is 18.3. The summed E-state index contributed by atoms with van der Waals surface area (Å²) in [6.45, 7) is 1.06. The molecule has 1 amide bonds. The summed E-state index contributed by atoms with van der Waals surface area (Å²) in [6.07, 6.45) is 4.04. The number of nitrogens with one attached hydrogen (secondary N) is 2. The maximum absolute atomic E-state index is 14.4. The molecular weight excluding hydrogens is 534 g/mol. The Morgan fingerprint density at radius 3 is 2.61 bits per heavy atom. The summed E-state index contributed by atoms with van der Waals surface area (Å²) in [5.74, 6) is 0.642. The number of rotatable bonds is 7. The number of halogens is 3. The molecule has 38 heavy (non-hydrogen) atoms. The molecule has 13 heteroatoms. The number of imidazole rings is 1. The summed E-state index contributed by atoms with van der Waals surface area (Å²) < 4.78 is 21.5.